The molecule has 0 unspecified atom stereocenters. The highest BCUT2D eigenvalue weighted by atomic mass is 32.1. The van der Waals surface area contributed by atoms with Crippen LogP contribution in [0.3, 0.4) is 0 Å². The molecule has 0 bridgehead atoms. The Morgan fingerprint density at radius 3 is 2.93 bits per heavy atom. The lowest BCUT2D eigenvalue weighted by Gasteiger charge is -2.04. The number of ether oxygens (including phenoxy) is 1. The average Bonchev–Trinajstić information content (AvgIpc) is 2.50. The largest absolute Gasteiger partial charge is 0.453 e. The molecule has 0 fully saturated rings. The Bertz CT molecular complexity index is 350. The Labute approximate surface area is 85.6 Å². The van der Waals surface area contributed by atoms with Crippen molar-refractivity contribution in [2.24, 2.45) is 0 Å². The third kappa shape index (κ3) is 3.02. The highest BCUT2D eigenvalue weighted by Crippen LogP contribution is 2.07. The summed E-state index contributed by atoms with van der Waals surface area (Å²) in [6, 6.07) is 1.64. The van der Waals surface area contributed by atoms with Gasteiger partial charge in [0.1, 0.15) is 0 Å². The maximum absolute atomic E-state index is 10.7. The van der Waals surface area contributed by atoms with Crippen molar-refractivity contribution in [2.45, 2.75) is 6.92 Å². The number of carbonyl (C=O) groups is 1. The number of aromatic nitrogens is 1. The van der Waals surface area contributed by atoms with Gasteiger partial charge in [0.2, 0.25) is 5.88 Å². The summed E-state index contributed by atoms with van der Waals surface area (Å²) < 4.78 is 9.15. The van der Waals surface area contributed by atoms with Gasteiger partial charge < -0.3 is 14.6 Å². The summed E-state index contributed by atoms with van der Waals surface area (Å²) in [5.74, 6) is 0.365. The van der Waals surface area contributed by atoms with E-state index in [1.807, 2.05) is 0 Å². The van der Waals surface area contributed by atoms with Gasteiger partial charge >= 0.3 is 6.09 Å². The second-order valence-electron chi connectivity index (χ2n) is 2.40. The number of alkyl carbamates (subject to hydrolysis) is 1. The molecule has 1 heterocycles. The van der Waals surface area contributed by atoms with E-state index in [9.17, 15) is 4.79 Å². The number of hydrogen-bond donors (Lipinski definition) is 2. The molecule has 1 rings (SSSR count). The summed E-state index contributed by atoms with van der Waals surface area (Å²) in [6.07, 6.45) is -0.640. The molecule has 14 heavy (non-hydrogen) atoms. The first-order chi connectivity index (χ1) is 6.61. The lowest BCUT2D eigenvalue weighted by Crippen LogP contribution is -2.33. The summed E-state index contributed by atoms with van der Waals surface area (Å²) in [5.41, 5.74) is 0.716. The maximum Gasteiger partial charge on any atom is 0.413 e. The van der Waals surface area contributed by atoms with E-state index in [0.29, 0.717) is 11.6 Å². The van der Waals surface area contributed by atoms with Crippen molar-refractivity contribution in [3.05, 3.63) is 11.8 Å². The van der Waals surface area contributed by atoms with Crippen LogP contribution in [0, 0.1) is 6.92 Å². The van der Waals surface area contributed by atoms with Crippen LogP contribution in [0.15, 0.2) is 10.6 Å². The zero-order valence-electron chi connectivity index (χ0n) is 7.66. The third-order valence-electron chi connectivity index (χ3n) is 1.27. The molecule has 6 nitrogen and oxygen atoms in total. The zero-order valence-corrected chi connectivity index (χ0v) is 8.47. The van der Waals surface area contributed by atoms with Crippen LogP contribution in [0.5, 0.6) is 0 Å². The monoisotopic (exact) mass is 215 g/mol. The van der Waals surface area contributed by atoms with E-state index < -0.39 is 6.09 Å². The van der Waals surface area contributed by atoms with Crippen molar-refractivity contribution in [3.63, 3.8) is 0 Å². The summed E-state index contributed by atoms with van der Waals surface area (Å²) in [7, 11) is 1.25. The van der Waals surface area contributed by atoms with Gasteiger partial charge in [0.15, 0.2) is 5.11 Å². The minimum atomic E-state index is -0.640. The molecule has 0 spiro atoms. The van der Waals surface area contributed by atoms with Crippen LogP contribution in [-0.2, 0) is 4.74 Å². The second-order valence-corrected chi connectivity index (χ2v) is 2.81. The predicted octanol–water partition coefficient (Wildman–Crippen LogP) is 1.04. The first kappa shape index (κ1) is 10.5. The number of anilines is 1. The summed E-state index contributed by atoms with van der Waals surface area (Å²) in [4.78, 5) is 10.7. The highest BCUT2D eigenvalue weighted by Gasteiger charge is 2.06. The lowest BCUT2D eigenvalue weighted by molar-refractivity contribution is 0.177. The standard InChI is InChI=1S/C7H9N3O3S/c1-4-3-5(13-10-4)8-6(14)9-7(11)12-2/h3H,1-2H3,(H2,8,9,11,14). The van der Waals surface area contributed by atoms with Crippen molar-refractivity contribution in [1.29, 1.82) is 0 Å². The molecule has 0 saturated heterocycles. The number of nitrogens with one attached hydrogen (secondary N) is 2. The van der Waals surface area contributed by atoms with Crippen LogP contribution in [0.4, 0.5) is 10.7 Å². The number of nitrogens with zero attached hydrogens (tertiary/aromatic N) is 1. The number of hydrogen-bond acceptors (Lipinski definition) is 5. The van der Waals surface area contributed by atoms with Crippen molar-refractivity contribution in [3.8, 4) is 0 Å². The first-order valence-electron chi connectivity index (χ1n) is 3.71. The summed E-state index contributed by atoms with van der Waals surface area (Å²) in [5, 5.41) is 8.60. The van der Waals surface area contributed by atoms with Gasteiger partial charge in [0, 0.05) is 6.07 Å². The van der Waals surface area contributed by atoms with E-state index in [4.69, 9.17) is 16.7 Å². The van der Waals surface area contributed by atoms with Gasteiger partial charge in [-0.15, -0.1) is 0 Å². The molecule has 0 atom stereocenters. The number of carbonyl (C=O) groups excluding carboxylic acids is 1. The molecule has 1 aromatic rings. The van der Waals surface area contributed by atoms with Gasteiger partial charge in [0.25, 0.3) is 0 Å². The Balaban J connectivity index is 2.45. The number of aryl methyl sites for hydroxylation is 1. The molecule has 0 saturated carbocycles. The summed E-state index contributed by atoms with van der Waals surface area (Å²) in [6.45, 7) is 1.77. The normalized spacial score (nSPS) is 9.29. The molecule has 1 amide bonds. The van der Waals surface area contributed by atoms with Crippen LogP contribution in [0.1, 0.15) is 5.69 Å². The molecule has 0 aliphatic carbocycles. The fourth-order valence-corrected chi connectivity index (χ4v) is 0.893. The molecule has 0 radical (unpaired) electrons. The van der Waals surface area contributed by atoms with Gasteiger partial charge in [0.05, 0.1) is 12.8 Å². The van der Waals surface area contributed by atoms with Gasteiger partial charge in [-0.1, -0.05) is 5.16 Å². The molecule has 0 aromatic carbocycles. The average molecular weight is 215 g/mol. The maximum atomic E-state index is 10.7. The smallest absolute Gasteiger partial charge is 0.413 e. The molecule has 0 aliphatic rings. The van der Waals surface area contributed by atoms with Crippen LogP contribution in [-0.4, -0.2) is 23.5 Å². The van der Waals surface area contributed by atoms with Crippen molar-refractivity contribution in [1.82, 2.24) is 10.5 Å². The Kier molecular flexibility index (Phi) is 3.41. The molecular weight excluding hydrogens is 206 g/mol. The Morgan fingerprint density at radius 2 is 2.43 bits per heavy atom. The van der Waals surface area contributed by atoms with Gasteiger partial charge in [-0.05, 0) is 19.1 Å². The molecule has 0 aliphatic heterocycles. The van der Waals surface area contributed by atoms with Crippen LogP contribution >= 0.6 is 12.2 Å². The molecule has 76 valence electrons. The number of rotatable bonds is 1. The lowest BCUT2D eigenvalue weighted by atomic mass is 10.5. The van der Waals surface area contributed by atoms with Crippen molar-refractivity contribution in [2.75, 3.05) is 12.4 Å². The van der Waals surface area contributed by atoms with E-state index in [-0.39, 0.29) is 5.11 Å². The zero-order chi connectivity index (χ0) is 10.6. The van der Waals surface area contributed by atoms with Crippen LogP contribution in [0.25, 0.3) is 0 Å². The second kappa shape index (κ2) is 4.56. The molecule has 2 N–H and O–H groups in total. The highest BCUT2D eigenvalue weighted by molar-refractivity contribution is 7.80. The Hall–Kier alpha value is -1.63. The van der Waals surface area contributed by atoms with E-state index in [1.165, 1.54) is 7.11 Å². The number of methoxy groups -OCH3 is 1. The quantitative estimate of drug-likeness (QED) is 0.681. The Morgan fingerprint density at radius 1 is 1.71 bits per heavy atom. The SMILES string of the molecule is COC(=O)NC(=S)Nc1cc(C)no1. The third-order valence-corrected chi connectivity index (χ3v) is 1.47. The van der Waals surface area contributed by atoms with E-state index in [1.54, 1.807) is 13.0 Å². The van der Waals surface area contributed by atoms with Gasteiger partial charge in [-0.2, -0.15) is 0 Å². The number of thiocarbonyl (C=S) groups is 1. The topological polar surface area (TPSA) is 76.4 Å². The minimum Gasteiger partial charge on any atom is -0.453 e. The first-order valence-corrected chi connectivity index (χ1v) is 4.12. The summed E-state index contributed by atoms with van der Waals surface area (Å²) >= 11 is 4.78. The van der Waals surface area contributed by atoms with Gasteiger partial charge in [-0.3, -0.25) is 5.32 Å². The molecule has 7 heteroatoms. The van der Waals surface area contributed by atoms with Gasteiger partial charge in [-0.25, -0.2) is 4.79 Å². The minimum absolute atomic E-state index is 0.0907. The number of amides is 1. The fraction of sp³-hybridized carbons (Fsp3) is 0.286. The predicted molar refractivity (Wildman–Crippen MR) is 53.0 cm³/mol. The molecular formula is C7H9N3O3S. The van der Waals surface area contributed by atoms with Crippen LogP contribution < -0.4 is 10.6 Å². The van der Waals surface area contributed by atoms with Crippen molar-refractivity contribution < 1.29 is 14.1 Å². The fourth-order valence-electron chi connectivity index (χ4n) is 0.709. The van der Waals surface area contributed by atoms with E-state index in [0.717, 1.165) is 0 Å². The van der Waals surface area contributed by atoms with E-state index >= 15 is 0 Å². The molecule has 1 aromatic heterocycles. The van der Waals surface area contributed by atoms with Crippen LogP contribution in [0.2, 0.25) is 0 Å². The van der Waals surface area contributed by atoms with Crippen molar-refractivity contribution >= 4 is 29.3 Å². The van der Waals surface area contributed by atoms with E-state index in [2.05, 4.69) is 20.5 Å².